The van der Waals surface area contributed by atoms with Crippen LogP contribution in [0.2, 0.25) is 10.0 Å². The van der Waals surface area contributed by atoms with Crippen LogP contribution in [0.5, 0.6) is 0 Å². The minimum Gasteiger partial charge on any atom is -0.352 e. The Hall–Kier alpha value is -1.76. The molecule has 2 aromatic rings. The fraction of sp³-hybridized carbons (Fsp3) is 0.0714. The molecule has 2 rings (SSSR count). The molecule has 0 atom stereocenters. The van der Waals surface area contributed by atoms with Crippen LogP contribution >= 0.6 is 23.2 Å². The van der Waals surface area contributed by atoms with Gasteiger partial charge in [0.05, 0.1) is 27.0 Å². The monoisotopic (exact) mass is 294 g/mol. The van der Waals surface area contributed by atoms with Crippen LogP contribution in [0.1, 0.15) is 11.1 Å². The summed E-state index contributed by atoms with van der Waals surface area (Å²) in [5.74, 6) is -0.509. The Kier molecular flexibility index (Phi) is 3.94. The lowest BCUT2D eigenvalue weighted by Gasteiger charge is -2.12. The van der Waals surface area contributed by atoms with Crippen LogP contribution in [0.15, 0.2) is 30.3 Å². The molecule has 1 N–H and O–H groups in total. The molecule has 2 nitrogen and oxygen atoms in total. The summed E-state index contributed by atoms with van der Waals surface area (Å²) in [4.78, 5) is 0. The first-order valence-corrected chi connectivity index (χ1v) is 6.19. The van der Waals surface area contributed by atoms with Gasteiger partial charge in [0.25, 0.3) is 0 Å². The van der Waals surface area contributed by atoms with Gasteiger partial charge in [0.2, 0.25) is 0 Å². The van der Waals surface area contributed by atoms with Gasteiger partial charge < -0.3 is 5.32 Å². The van der Waals surface area contributed by atoms with Gasteiger partial charge in [-0.2, -0.15) is 5.26 Å². The second-order valence-electron chi connectivity index (χ2n) is 4.03. The topological polar surface area (TPSA) is 35.8 Å². The highest BCUT2D eigenvalue weighted by Crippen LogP contribution is 2.34. The van der Waals surface area contributed by atoms with Crippen molar-refractivity contribution >= 4 is 34.6 Å². The van der Waals surface area contributed by atoms with Crippen molar-refractivity contribution in [2.45, 2.75) is 6.92 Å². The van der Waals surface area contributed by atoms with E-state index in [0.29, 0.717) is 16.9 Å². The first-order chi connectivity index (χ1) is 9.01. The fourth-order valence-electron chi connectivity index (χ4n) is 1.66. The van der Waals surface area contributed by atoms with E-state index in [2.05, 4.69) is 11.4 Å². The second-order valence-corrected chi connectivity index (χ2v) is 4.84. The fourth-order valence-corrected chi connectivity index (χ4v) is 2.21. The zero-order chi connectivity index (χ0) is 14.0. The number of hydrogen-bond acceptors (Lipinski definition) is 2. The van der Waals surface area contributed by atoms with Crippen LogP contribution in [-0.4, -0.2) is 0 Å². The number of halogens is 3. The third kappa shape index (κ3) is 2.98. The first-order valence-electron chi connectivity index (χ1n) is 5.43. The molecule has 19 heavy (non-hydrogen) atoms. The van der Waals surface area contributed by atoms with Crippen molar-refractivity contribution in [3.05, 3.63) is 57.3 Å². The third-order valence-electron chi connectivity index (χ3n) is 2.56. The van der Waals surface area contributed by atoms with Crippen LogP contribution < -0.4 is 5.32 Å². The largest absolute Gasteiger partial charge is 0.352 e. The molecule has 0 unspecified atom stereocenters. The molecule has 0 saturated carbocycles. The maximum absolute atomic E-state index is 13.1. The summed E-state index contributed by atoms with van der Waals surface area (Å²) in [5.41, 5.74) is 2.39. The van der Waals surface area contributed by atoms with Crippen molar-refractivity contribution in [1.29, 1.82) is 5.26 Å². The molecule has 0 aliphatic heterocycles. The Morgan fingerprint density at radius 2 is 1.79 bits per heavy atom. The highest BCUT2D eigenvalue weighted by molar-refractivity contribution is 6.39. The maximum Gasteiger partial charge on any atom is 0.126 e. The van der Waals surface area contributed by atoms with Crippen molar-refractivity contribution in [2.75, 3.05) is 5.32 Å². The molecule has 0 aliphatic rings. The van der Waals surface area contributed by atoms with Crippen molar-refractivity contribution in [2.24, 2.45) is 0 Å². The summed E-state index contributed by atoms with van der Waals surface area (Å²) in [5, 5.41) is 12.4. The van der Waals surface area contributed by atoms with Crippen molar-refractivity contribution in [1.82, 2.24) is 0 Å². The van der Waals surface area contributed by atoms with Crippen LogP contribution in [0, 0.1) is 24.1 Å². The zero-order valence-corrected chi connectivity index (χ0v) is 11.5. The Morgan fingerprint density at radius 1 is 1.16 bits per heavy atom. The van der Waals surface area contributed by atoms with Gasteiger partial charge in [-0.25, -0.2) is 4.39 Å². The van der Waals surface area contributed by atoms with Gasteiger partial charge in [-0.05, 0) is 36.8 Å². The maximum atomic E-state index is 13.1. The summed E-state index contributed by atoms with van der Waals surface area (Å²) < 4.78 is 13.1. The molecule has 0 aliphatic carbocycles. The van der Waals surface area contributed by atoms with Gasteiger partial charge in [0.1, 0.15) is 11.9 Å². The normalized spacial score (nSPS) is 10.1. The Morgan fingerprint density at radius 3 is 2.37 bits per heavy atom. The molecule has 0 aromatic heterocycles. The van der Waals surface area contributed by atoms with Crippen LogP contribution in [0.25, 0.3) is 0 Å². The van der Waals surface area contributed by atoms with Crippen molar-refractivity contribution in [3.8, 4) is 6.07 Å². The lowest BCUT2D eigenvalue weighted by molar-refractivity contribution is 0.628. The van der Waals surface area contributed by atoms with E-state index in [4.69, 9.17) is 28.5 Å². The lowest BCUT2D eigenvalue weighted by Crippen LogP contribution is -1.96. The number of rotatable bonds is 2. The van der Waals surface area contributed by atoms with Gasteiger partial charge in [-0.3, -0.25) is 0 Å². The molecule has 0 amide bonds. The molecular formula is C14H9Cl2FN2. The standard InChI is InChI=1S/C14H9Cl2FN2/c1-8-2-3-13(9(4-8)7-18)19-14-11(15)5-10(17)6-12(14)16/h2-6,19H,1H3. The summed E-state index contributed by atoms with van der Waals surface area (Å²) in [7, 11) is 0. The van der Waals surface area contributed by atoms with E-state index >= 15 is 0 Å². The van der Waals surface area contributed by atoms with Gasteiger partial charge in [-0.1, -0.05) is 29.3 Å². The van der Waals surface area contributed by atoms with E-state index < -0.39 is 5.82 Å². The number of hydrogen-bond donors (Lipinski definition) is 1. The van der Waals surface area contributed by atoms with Crippen LogP contribution in [0.3, 0.4) is 0 Å². The number of aryl methyl sites for hydroxylation is 1. The molecule has 5 heteroatoms. The molecule has 0 fully saturated rings. The molecule has 0 bridgehead atoms. The third-order valence-corrected chi connectivity index (χ3v) is 3.16. The molecule has 2 aromatic carbocycles. The summed E-state index contributed by atoms with van der Waals surface area (Å²) in [6.07, 6.45) is 0. The van der Waals surface area contributed by atoms with Crippen LogP contribution in [-0.2, 0) is 0 Å². The molecule has 0 spiro atoms. The summed E-state index contributed by atoms with van der Waals surface area (Å²) >= 11 is 11.9. The van der Waals surface area contributed by atoms with Gasteiger partial charge >= 0.3 is 0 Å². The second kappa shape index (κ2) is 5.48. The average molecular weight is 295 g/mol. The molecule has 0 heterocycles. The number of nitrogens with one attached hydrogen (secondary N) is 1. The summed E-state index contributed by atoms with van der Waals surface area (Å²) in [6, 6.07) is 9.76. The van der Waals surface area contributed by atoms with Gasteiger partial charge in [0.15, 0.2) is 0 Å². The van der Waals surface area contributed by atoms with E-state index in [1.807, 2.05) is 13.0 Å². The van der Waals surface area contributed by atoms with E-state index in [0.717, 1.165) is 17.7 Å². The average Bonchev–Trinajstić information content (AvgIpc) is 2.35. The lowest BCUT2D eigenvalue weighted by atomic mass is 10.1. The van der Waals surface area contributed by atoms with E-state index in [1.165, 1.54) is 0 Å². The Bertz CT molecular complexity index is 655. The minimum atomic E-state index is -0.509. The minimum absolute atomic E-state index is 0.162. The smallest absolute Gasteiger partial charge is 0.126 e. The Balaban J connectivity index is 2.45. The molecule has 0 saturated heterocycles. The van der Waals surface area contributed by atoms with Crippen LogP contribution in [0.4, 0.5) is 15.8 Å². The number of benzene rings is 2. The Labute approximate surface area is 120 Å². The quantitative estimate of drug-likeness (QED) is 0.841. The first kappa shape index (κ1) is 13.7. The zero-order valence-electron chi connectivity index (χ0n) is 9.97. The highest BCUT2D eigenvalue weighted by atomic mass is 35.5. The van der Waals surface area contributed by atoms with Crippen molar-refractivity contribution in [3.63, 3.8) is 0 Å². The molecular weight excluding hydrogens is 286 g/mol. The predicted octanol–water partition coefficient (Wildman–Crippen LogP) is 5.06. The predicted molar refractivity (Wildman–Crippen MR) is 75.6 cm³/mol. The SMILES string of the molecule is Cc1ccc(Nc2c(Cl)cc(F)cc2Cl)c(C#N)c1. The number of nitrogens with zero attached hydrogens (tertiary/aromatic N) is 1. The number of nitriles is 1. The van der Waals surface area contributed by atoms with Crippen molar-refractivity contribution < 1.29 is 4.39 Å². The van der Waals surface area contributed by atoms with Gasteiger partial charge in [-0.15, -0.1) is 0 Å². The van der Waals surface area contributed by atoms with Gasteiger partial charge in [0, 0.05) is 0 Å². The molecule has 0 radical (unpaired) electrons. The highest BCUT2D eigenvalue weighted by Gasteiger charge is 2.11. The van der Waals surface area contributed by atoms with E-state index in [1.54, 1.807) is 12.1 Å². The van der Waals surface area contributed by atoms with E-state index in [9.17, 15) is 4.39 Å². The summed E-state index contributed by atoms with van der Waals surface area (Å²) in [6.45, 7) is 1.89. The molecule has 96 valence electrons. The number of anilines is 2. The van der Waals surface area contributed by atoms with E-state index in [-0.39, 0.29) is 10.0 Å².